The fraction of sp³-hybridized carbons (Fsp3) is 0.953. The van der Waals surface area contributed by atoms with Crippen LogP contribution >= 0.6 is 15.6 Å². The maximum absolute atomic E-state index is 13.1. The van der Waals surface area contributed by atoms with Crippen molar-refractivity contribution in [3.63, 3.8) is 0 Å². The number of esters is 4. The molecule has 0 rings (SSSR count). The van der Waals surface area contributed by atoms with Crippen LogP contribution in [0.3, 0.4) is 0 Å². The minimum Gasteiger partial charge on any atom is -0.462 e. The van der Waals surface area contributed by atoms with Crippen molar-refractivity contribution in [3.8, 4) is 0 Å². The quantitative estimate of drug-likeness (QED) is 0.0222. The first-order valence-electron chi connectivity index (χ1n) is 44.0. The summed E-state index contributed by atoms with van der Waals surface area (Å²) in [4.78, 5) is 73.2. The van der Waals surface area contributed by atoms with Crippen molar-refractivity contribution in [3.05, 3.63) is 0 Å². The number of aliphatic hydroxyl groups is 1. The van der Waals surface area contributed by atoms with Crippen LogP contribution in [-0.4, -0.2) is 96.7 Å². The summed E-state index contributed by atoms with van der Waals surface area (Å²) in [5.74, 6) is -0.624. The van der Waals surface area contributed by atoms with Gasteiger partial charge in [0.2, 0.25) is 0 Å². The molecule has 5 atom stereocenters. The predicted octanol–water partition coefficient (Wildman–Crippen LogP) is 25.8. The van der Waals surface area contributed by atoms with Crippen molar-refractivity contribution in [2.24, 2.45) is 11.8 Å². The molecule has 0 aromatic rings. The lowest BCUT2D eigenvalue weighted by Gasteiger charge is -2.21. The highest BCUT2D eigenvalue weighted by molar-refractivity contribution is 7.47. The molecule has 0 bridgehead atoms. The maximum atomic E-state index is 13.1. The molecule has 0 saturated carbocycles. The topological polar surface area (TPSA) is 237 Å². The minimum atomic E-state index is -4.97. The van der Waals surface area contributed by atoms with Gasteiger partial charge < -0.3 is 33.8 Å². The Hall–Kier alpha value is -1.94. The zero-order valence-electron chi connectivity index (χ0n) is 68.3. The molecule has 104 heavy (non-hydrogen) atoms. The minimum absolute atomic E-state index is 0.106. The zero-order valence-corrected chi connectivity index (χ0v) is 70.1. The van der Waals surface area contributed by atoms with Crippen molar-refractivity contribution in [1.29, 1.82) is 0 Å². The Bertz CT molecular complexity index is 1990. The lowest BCUT2D eigenvalue weighted by atomic mass is 10.0. The Kier molecular flexibility index (Phi) is 75.0. The van der Waals surface area contributed by atoms with Crippen LogP contribution in [0.25, 0.3) is 0 Å². The van der Waals surface area contributed by atoms with Crippen molar-refractivity contribution in [1.82, 2.24) is 0 Å². The third kappa shape index (κ3) is 78.2. The number of aliphatic hydroxyl groups excluding tert-OH is 1. The van der Waals surface area contributed by atoms with Gasteiger partial charge in [0.15, 0.2) is 12.2 Å². The fourth-order valence-electron chi connectivity index (χ4n) is 13.2. The molecule has 3 N–H and O–H groups in total. The lowest BCUT2D eigenvalue weighted by Crippen LogP contribution is -2.30. The Morgan fingerprint density at radius 2 is 0.442 bits per heavy atom. The number of unbranched alkanes of at least 4 members (excludes halogenated alkanes) is 54. The predicted molar refractivity (Wildman–Crippen MR) is 428 cm³/mol. The number of carbonyl (C=O) groups excluding carboxylic acids is 4. The number of phosphoric acid groups is 2. The van der Waals surface area contributed by atoms with Gasteiger partial charge >= 0.3 is 39.5 Å². The van der Waals surface area contributed by atoms with Crippen molar-refractivity contribution < 1.29 is 80.2 Å². The number of rotatable bonds is 84. The van der Waals surface area contributed by atoms with Gasteiger partial charge in [-0.1, -0.05) is 401 Å². The highest BCUT2D eigenvalue weighted by atomic mass is 31.2. The van der Waals surface area contributed by atoms with Gasteiger partial charge in [-0.05, 0) is 37.5 Å². The summed E-state index contributed by atoms with van der Waals surface area (Å²) in [6.45, 7) is 9.61. The average Bonchev–Trinajstić information content (AvgIpc) is 0.905. The molecule has 618 valence electrons. The van der Waals surface area contributed by atoms with Crippen LogP contribution in [0.15, 0.2) is 0 Å². The van der Waals surface area contributed by atoms with E-state index < -0.39 is 97.5 Å². The first-order valence-corrected chi connectivity index (χ1v) is 47.0. The molecule has 2 unspecified atom stereocenters. The summed E-state index contributed by atoms with van der Waals surface area (Å²) in [5.41, 5.74) is 0. The summed E-state index contributed by atoms with van der Waals surface area (Å²) < 4.78 is 68.8. The normalized spacial score (nSPS) is 13.8. The first kappa shape index (κ1) is 102. The highest BCUT2D eigenvalue weighted by Gasteiger charge is 2.30. The van der Waals surface area contributed by atoms with Gasteiger partial charge in [-0.2, -0.15) is 0 Å². The van der Waals surface area contributed by atoms with Crippen molar-refractivity contribution in [2.45, 2.75) is 471 Å². The zero-order chi connectivity index (χ0) is 76.4. The van der Waals surface area contributed by atoms with E-state index in [1.165, 1.54) is 263 Å². The van der Waals surface area contributed by atoms with Crippen LogP contribution < -0.4 is 0 Å². The van der Waals surface area contributed by atoms with E-state index in [0.717, 1.165) is 102 Å². The van der Waals surface area contributed by atoms with Gasteiger partial charge in [-0.25, -0.2) is 9.13 Å². The molecule has 19 heteroatoms. The largest absolute Gasteiger partial charge is 0.472 e. The van der Waals surface area contributed by atoms with Crippen LogP contribution in [0.4, 0.5) is 0 Å². The van der Waals surface area contributed by atoms with Crippen LogP contribution in [-0.2, 0) is 65.4 Å². The van der Waals surface area contributed by atoms with E-state index in [1.807, 2.05) is 0 Å². The van der Waals surface area contributed by atoms with Gasteiger partial charge in [-0.3, -0.25) is 37.3 Å². The standard InChI is InChI=1S/C85H166O17P2/c1-7-9-11-13-15-17-19-21-23-25-27-29-31-33-35-40-44-50-57-63-69-84(89)101-80(73-95-82(87)67-61-55-49-43-39-34-32-30-28-26-24-22-20-18-16-14-12-10-8-2)75-99-103(91,92)97-71-79(86)72-98-104(93,94)100-76-81(74-96-83(88)68-62-56-52-46-48-54-60-66-78(5)6)102-85(90)70-64-58-51-45-41-37-36-38-42-47-53-59-65-77(3)4/h77-81,86H,7-76H2,1-6H3,(H,91,92)(H,93,94)/t79-,80-,81-/m1/s1. The molecule has 0 aliphatic carbocycles. The smallest absolute Gasteiger partial charge is 0.462 e. The van der Waals surface area contributed by atoms with Gasteiger partial charge in [0.1, 0.15) is 19.3 Å². The lowest BCUT2D eigenvalue weighted by molar-refractivity contribution is -0.161. The molecule has 0 spiro atoms. The number of phosphoric ester groups is 2. The second-order valence-corrected chi connectivity index (χ2v) is 34.4. The van der Waals surface area contributed by atoms with E-state index in [-0.39, 0.29) is 25.7 Å². The summed E-state index contributed by atoms with van der Waals surface area (Å²) in [6, 6.07) is 0. The Morgan fingerprint density at radius 1 is 0.260 bits per heavy atom. The van der Waals surface area contributed by atoms with Crippen LogP contribution in [0.5, 0.6) is 0 Å². The highest BCUT2D eigenvalue weighted by Crippen LogP contribution is 2.45. The Morgan fingerprint density at radius 3 is 0.654 bits per heavy atom. The van der Waals surface area contributed by atoms with Crippen LogP contribution in [0.2, 0.25) is 0 Å². The van der Waals surface area contributed by atoms with E-state index in [0.29, 0.717) is 31.6 Å². The Labute approximate surface area is 638 Å². The molecule has 0 aliphatic rings. The van der Waals surface area contributed by atoms with Gasteiger partial charge in [-0.15, -0.1) is 0 Å². The molecule has 0 amide bonds. The third-order valence-electron chi connectivity index (χ3n) is 20.0. The number of hydrogen-bond acceptors (Lipinski definition) is 15. The summed E-state index contributed by atoms with van der Waals surface area (Å²) >= 11 is 0. The van der Waals surface area contributed by atoms with E-state index >= 15 is 0 Å². The van der Waals surface area contributed by atoms with Crippen LogP contribution in [0, 0.1) is 11.8 Å². The second-order valence-electron chi connectivity index (χ2n) is 31.5. The molecule has 0 radical (unpaired) electrons. The van der Waals surface area contributed by atoms with Crippen LogP contribution in [0.1, 0.15) is 452 Å². The molecule has 0 aromatic heterocycles. The second kappa shape index (κ2) is 76.4. The monoisotopic (exact) mass is 1520 g/mol. The summed E-state index contributed by atoms with van der Waals surface area (Å²) in [7, 11) is -9.93. The number of hydrogen-bond donors (Lipinski definition) is 3. The summed E-state index contributed by atoms with van der Waals surface area (Å²) in [6.07, 6.45) is 68.2. The molecule has 17 nitrogen and oxygen atoms in total. The van der Waals surface area contributed by atoms with Crippen molar-refractivity contribution >= 4 is 39.5 Å². The molecular formula is C85H166O17P2. The fourth-order valence-corrected chi connectivity index (χ4v) is 14.8. The van der Waals surface area contributed by atoms with Gasteiger partial charge in [0, 0.05) is 25.7 Å². The molecular weight excluding hydrogens is 1350 g/mol. The van der Waals surface area contributed by atoms with E-state index in [1.54, 1.807) is 0 Å². The maximum Gasteiger partial charge on any atom is 0.472 e. The average molecular weight is 1520 g/mol. The van der Waals surface area contributed by atoms with Gasteiger partial charge in [0.05, 0.1) is 26.4 Å². The molecule has 0 saturated heterocycles. The molecule has 0 aromatic carbocycles. The number of ether oxygens (including phenoxy) is 4. The molecule has 0 heterocycles. The van der Waals surface area contributed by atoms with E-state index in [2.05, 4.69) is 41.5 Å². The molecule has 0 fully saturated rings. The Balaban J connectivity index is 5.23. The summed E-state index contributed by atoms with van der Waals surface area (Å²) in [5, 5.41) is 10.7. The van der Waals surface area contributed by atoms with E-state index in [9.17, 15) is 43.2 Å². The first-order chi connectivity index (χ1) is 50.4. The van der Waals surface area contributed by atoms with Gasteiger partial charge in [0.25, 0.3) is 0 Å². The number of carbonyl (C=O) groups is 4. The van der Waals surface area contributed by atoms with E-state index in [4.69, 9.17) is 37.0 Å². The SMILES string of the molecule is CCCCCCCCCCCCCCCCCCCCCCC(=O)O[C@H](COC(=O)CCCCCCCCCCCCCCCCCCCCC)COP(=O)(O)OC[C@@H](O)COP(=O)(O)OC[C@@H](COC(=O)CCCCCCCCCC(C)C)OC(=O)CCCCCCCCCCCCCCC(C)C. The third-order valence-corrected chi connectivity index (χ3v) is 21.9. The molecule has 0 aliphatic heterocycles. The van der Waals surface area contributed by atoms with Crippen molar-refractivity contribution in [2.75, 3.05) is 39.6 Å².